The van der Waals surface area contributed by atoms with Gasteiger partial charge in [0.15, 0.2) is 0 Å². The van der Waals surface area contributed by atoms with Crippen LogP contribution in [-0.4, -0.2) is 41.9 Å². The molecule has 0 fully saturated rings. The summed E-state index contributed by atoms with van der Waals surface area (Å²) in [6.07, 6.45) is 4.41. The number of aromatic nitrogens is 1. The standard InChI is InChI=1S/C18H19N3O3/c1-21(18(23)14-3-2-8-19-12-14)9-10-24-15-5-6-16-13(11-15)4-7-17(22)20-16/h2-3,5-6,8,11-12H,4,7,9-10H2,1H3,(H,20,22). The lowest BCUT2D eigenvalue weighted by atomic mass is 10.0. The largest absolute Gasteiger partial charge is 0.492 e. The number of pyridine rings is 1. The van der Waals surface area contributed by atoms with Gasteiger partial charge in [-0.1, -0.05) is 0 Å². The highest BCUT2D eigenvalue weighted by atomic mass is 16.5. The van der Waals surface area contributed by atoms with Crippen LogP contribution in [0.4, 0.5) is 5.69 Å². The number of benzene rings is 1. The number of rotatable bonds is 5. The maximum absolute atomic E-state index is 12.2. The van der Waals surface area contributed by atoms with Crippen LogP contribution in [0.25, 0.3) is 0 Å². The molecule has 2 heterocycles. The topological polar surface area (TPSA) is 71.5 Å². The Morgan fingerprint density at radius 3 is 3.00 bits per heavy atom. The summed E-state index contributed by atoms with van der Waals surface area (Å²) in [4.78, 5) is 29.1. The number of amides is 2. The number of nitrogens with zero attached hydrogens (tertiary/aromatic N) is 2. The van der Waals surface area contributed by atoms with E-state index in [1.165, 1.54) is 0 Å². The average molecular weight is 325 g/mol. The van der Waals surface area contributed by atoms with Crippen molar-refractivity contribution in [3.63, 3.8) is 0 Å². The first-order valence-electron chi connectivity index (χ1n) is 7.84. The molecule has 24 heavy (non-hydrogen) atoms. The van der Waals surface area contributed by atoms with E-state index in [2.05, 4.69) is 10.3 Å². The van der Waals surface area contributed by atoms with E-state index in [9.17, 15) is 9.59 Å². The van der Waals surface area contributed by atoms with Crippen LogP contribution in [0.1, 0.15) is 22.3 Å². The first kappa shape index (κ1) is 16.0. The zero-order valence-electron chi connectivity index (χ0n) is 13.5. The van der Waals surface area contributed by atoms with Gasteiger partial charge < -0.3 is 15.0 Å². The molecule has 0 saturated heterocycles. The molecule has 1 aromatic heterocycles. The van der Waals surface area contributed by atoms with Gasteiger partial charge in [-0.3, -0.25) is 14.6 Å². The molecule has 1 aliphatic rings. The number of hydrogen-bond donors (Lipinski definition) is 1. The fourth-order valence-corrected chi connectivity index (χ4v) is 2.56. The molecular formula is C18H19N3O3. The molecule has 2 amide bonds. The van der Waals surface area contributed by atoms with E-state index in [0.717, 1.165) is 23.4 Å². The van der Waals surface area contributed by atoms with Crippen LogP contribution in [0.3, 0.4) is 0 Å². The Morgan fingerprint density at radius 2 is 2.21 bits per heavy atom. The van der Waals surface area contributed by atoms with E-state index in [1.54, 1.807) is 36.5 Å². The Morgan fingerprint density at radius 1 is 1.33 bits per heavy atom. The Bertz CT molecular complexity index is 746. The monoisotopic (exact) mass is 325 g/mol. The summed E-state index contributed by atoms with van der Waals surface area (Å²) in [6, 6.07) is 9.10. The summed E-state index contributed by atoms with van der Waals surface area (Å²) >= 11 is 0. The van der Waals surface area contributed by atoms with E-state index in [0.29, 0.717) is 25.1 Å². The van der Waals surface area contributed by atoms with E-state index >= 15 is 0 Å². The van der Waals surface area contributed by atoms with Crippen molar-refractivity contribution < 1.29 is 14.3 Å². The van der Waals surface area contributed by atoms with Gasteiger partial charge in [0.05, 0.1) is 12.1 Å². The zero-order valence-corrected chi connectivity index (χ0v) is 13.5. The second kappa shape index (κ2) is 7.12. The molecule has 2 aromatic rings. The maximum Gasteiger partial charge on any atom is 0.255 e. The molecule has 6 heteroatoms. The van der Waals surface area contributed by atoms with Crippen molar-refractivity contribution in [2.45, 2.75) is 12.8 Å². The van der Waals surface area contributed by atoms with Gasteiger partial charge in [0.25, 0.3) is 5.91 Å². The van der Waals surface area contributed by atoms with E-state index in [-0.39, 0.29) is 11.8 Å². The third-order valence-electron chi connectivity index (χ3n) is 3.92. The van der Waals surface area contributed by atoms with Crippen LogP contribution >= 0.6 is 0 Å². The minimum atomic E-state index is -0.0835. The van der Waals surface area contributed by atoms with Crippen molar-refractivity contribution in [1.82, 2.24) is 9.88 Å². The minimum absolute atomic E-state index is 0.0479. The smallest absolute Gasteiger partial charge is 0.255 e. The van der Waals surface area contributed by atoms with E-state index in [1.807, 2.05) is 18.2 Å². The van der Waals surface area contributed by atoms with Crippen molar-refractivity contribution in [2.24, 2.45) is 0 Å². The van der Waals surface area contributed by atoms with Gasteiger partial charge in [-0.05, 0) is 42.3 Å². The first-order valence-corrected chi connectivity index (χ1v) is 7.84. The van der Waals surface area contributed by atoms with Crippen LogP contribution in [0, 0.1) is 0 Å². The summed E-state index contributed by atoms with van der Waals surface area (Å²) in [5.41, 5.74) is 2.49. The van der Waals surface area contributed by atoms with Crippen LogP contribution < -0.4 is 10.1 Å². The molecule has 1 aromatic carbocycles. The average Bonchev–Trinajstić information content (AvgIpc) is 2.61. The normalized spacial score (nSPS) is 13.0. The highest BCUT2D eigenvalue weighted by Gasteiger charge is 2.15. The van der Waals surface area contributed by atoms with Gasteiger partial charge in [-0.2, -0.15) is 0 Å². The molecule has 6 nitrogen and oxygen atoms in total. The van der Waals surface area contributed by atoms with Crippen LogP contribution in [-0.2, 0) is 11.2 Å². The highest BCUT2D eigenvalue weighted by molar-refractivity contribution is 5.94. The Kier molecular flexibility index (Phi) is 4.74. The lowest BCUT2D eigenvalue weighted by Crippen LogP contribution is -2.30. The predicted octanol–water partition coefficient (Wildman–Crippen LogP) is 2.12. The lowest BCUT2D eigenvalue weighted by Gasteiger charge is -2.19. The minimum Gasteiger partial charge on any atom is -0.492 e. The van der Waals surface area contributed by atoms with Crippen molar-refractivity contribution in [3.8, 4) is 5.75 Å². The SMILES string of the molecule is CN(CCOc1ccc2c(c1)CCC(=O)N2)C(=O)c1cccnc1. The summed E-state index contributed by atoms with van der Waals surface area (Å²) in [5, 5.41) is 2.84. The fraction of sp³-hybridized carbons (Fsp3) is 0.278. The fourth-order valence-electron chi connectivity index (χ4n) is 2.56. The molecule has 0 radical (unpaired) electrons. The second-order valence-corrected chi connectivity index (χ2v) is 5.68. The van der Waals surface area contributed by atoms with Crippen LogP contribution in [0.15, 0.2) is 42.7 Å². The highest BCUT2D eigenvalue weighted by Crippen LogP contribution is 2.26. The number of aryl methyl sites for hydroxylation is 1. The molecule has 0 aliphatic carbocycles. The second-order valence-electron chi connectivity index (χ2n) is 5.68. The summed E-state index contributed by atoms with van der Waals surface area (Å²) in [7, 11) is 1.74. The molecule has 3 rings (SSSR count). The maximum atomic E-state index is 12.2. The van der Waals surface area contributed by atoms with E-state index < -0.39 is 0 Å². The predicted molar refractivity (Wildman–Crippen MR) is 90.1 cm³/mol. The number of ether oxygens (including phenoxy) is 1. The lowest BCUT2D eigenvalue weighted by molar-refractivity contribution is -0.116. The van der Waals surface area contributed by atoms with E-state index in [4.69, 9.17) is 4.74 Å². The van der Waals surface area contributed by atoms with Gasteiger partial charge in [0, 0.05) is 31.5 Å². The summed E-state index contributed by atoms with van der Waals surface area (Å²) < 4.78 is 5.73. The molecule has 0 atom stereocenters. The number of anilines is 1. The number of hydrogen-bond acceptors (Lipinski definition) is 4. The van der Waals surface area contributed by atoms with Crippen molar-refractivity contribution in [1.29, 1.82) is 0 Å². The van der Waals surface area contributed by atoms with Gasteiger partial charge in [0.1, 0.15) is 12.4 Å². The number of carbonyl (C=O) groups is 2. The number of fused-ring (bicyclic) bond motifs is 1. The van der Waals surface area contributed by atoms with Crippen molar-refractivity contribution in [3.05, 3.63) is 53.9 Å². The third-order valence-corrected chi connectivity index (χ3v) is 3.92. The van der Waals surface area contributed by atoms with Gasteiger partial charge in [-0.15, -0.1) is 0 Å². The van der Waals surface area contributed by atoms with Crippen LogP contribution in [0.2, 0.25) is 0 Å². The number of nitrogens with one attached hydrogen (secondary N) is 1. The Hall–Kier alpha value is -2.89. The molecule has 0 spiro atoms. The zero-order chi connectivity index (χ0) is 16.9. The van der Waals surface area contributed by atoms with Crippen LogP contribution in [0.5, 0.6) is 5.75 Å². The molecule has 1 aliphatic heterocycles. The molecule has 1 N–H and O–H groups in total. The Balaban J connectivity index is 1.53. The van der Waals surface area contributed by atoms with Gasteiger partial charge in [0.2, 0.25) is 5.91 Å². The quantitative estimate of drug-likeness (QED) is 0.914. The Labute approximate surface area is 140 Å². The van der Waals surface area contributed by atoms with Crippen molar-refractivity contribution in [2.75, 3.05) is 25.5 Å². The molecule has 0 bridgehead atoms. The van der Waals surface area contributed by atoms with Crippen molar-refractivity contribution >= 4 is 17.5 Å². The molecule has 124 valence electrons. The molecule has 0 saturated carbocycles. The summed E-state index contributed by atoms with van der Waals surface area (Å²) in [5.74, 6) is 0.707. The third kappa shape index (κ3) is 3.71. The molecular weight excluding hydrogens is 306 g/mol. The van der Waals surface area contributed by atoms with Gasteiger partial charge in [-0.25, -0.2) is 0 Å². The molecule has 0 unspecified atom stereocenters. The summed E-state index contributed by atoms with van der Waals surface area (Å²) in [6.45, 7) is 0.870. The first-order chi connectivity index (χ1) is 11.6. The number of carbonyl (C=O) groups excluding carboxylic acids is 2. The van der Waals surface area contributed by atoms with Gasteiger partial charge >= 0.3 is 0 Å². The number of likely N-dealkylation sites (N-methyl/N-ethyl adjacent to an activating group) is 1.